The number of hydrogen-bond donors (Lipinski definition) is 1. The molecule has 0 aliphatic heterocycles. The average Bonchev–Trinajstić information content (AvgIpc) is 2.84. The van der Waals surface area contributed by atoms with E-state index in [-0.39, 0.29) is 0 Å². The number of rotatable bonds is 2. The van der Waals surface area contributed by atoms with E-state index in [4.69, 9.17) is 4.55 Å². The van der Waals surface area contributed by atoms with Crippen molar-refractivity contribution in [3.63, 3.8) is 0 Å². The third kappa shape index (κ3) is 1.49. The van der Waals surface area contributed by atoms with E-state index in [2.05, 4.69) is 15.9 Å². The van der Waals surface area contributed by atoms with E-state index < -0.39 is 14.9 Å². The van der Waals surface area contributed by atoms with Crippen molar-refractivity contribution in [1.29, 1.82) is 0 Å². The van der Waals surface area contributed by atoms with Gasteiger partial charge in [-0.1, -0.05) is 28.1 Å². The summed E-state index contributed by atoms with van der Waals surface area (Å²) in [6.45, 7) is 0. The SMILES string of the molecule is O=S(=O)(O)C1(c2ccc(Br)cc2)CC1. The van der Waals surface area contributed by atoms with Crippen LogP contribution >= 0.6 is 15.9 Å². The Kier molecular flexibility index (Phi) is 2.21. The van der Waals surface area contributed by atoms with Gasteiger partial charge in [-0.15, -0.1) is 0 Å². The van der Waals surface area contributed by atoms with E-state index in [0.717, 1.165) is 4.47 Å². The highest BCUT2D eigenvalue weighted by Gasteiger charge is 2.55. The number of halogens is 1. The lowest BCUT2D eigenvalue weighted by atomic mass is 10.1. The van der Waals surface area contributed by atoms with Gasteiger partial charge in [0.1, 0.15) is 4.75 Å². The predicted octanol–water partition coefficient (Wildman–Crippen LogP) is 2.33. The molecule has 1 aromatic carbocycles. The first kappa shape index (κ1) is 10.1. The number of benzene rings is 1. The maximum Gasteiger partial charge on any atom is 0.274 e. The van der Waals surface area contributed by atoms with Crippen molar-refractivity contribution in [3.8, 4) is 0 Å². The molecule has 14 heavy (non-hydrogen) atoms. The van der Waals surface area contributed by atoms with Crippen LogP contribution in [0.15, 0.2) is 28.7 Å². The van der Waals surface area contributed by atoms with Gasteiger partial charge in [0, 0.05) is 4.47 Å². The first-order valence-electron chi connectivity index (χ1n) is 4.19. The maximum atomic E-state index is 11.1. The fraction of sp³-hybridized carbons (Fsp3) is 0.333. The zero-order chi connectivity index (χ0) is 10.4. The van der Waals surface area contributed by atoms with Crippen molar-refractivity contribution in [2.75, 3.05) is 0 Å². The summed E-state index contributed by atoms with van der Waals surface area (Å²) >= 11 is 3.27. The highest BCUT2D eigenvalue weighted by molar-refractivity contribution is 9.10. The first-order chi connectivity index (χ1) is 6.46. The summed E-state index contributed by atoms with van der Waals surface area (Å²) in [6, 6.07) is 7.01. The monoisotopic (exact) mass is 276 g/mol. The third-order valence-corrected chi connectivity index (χ3v) is 4.73. The smallest absolute Gasteiger partial charge is 0.274 e. The molecule has 1 aliphatic rings. The van der Waals surface area contributed by atoms with Crippen LogP contribution in [0.5, 0.6) is 0 Å². The summed E-state index contributed by atoms with van der Waals surface area (Å²) in [6.07, 6.45) is 1.01. The van der Waals surface area contributed by atoms with E-state index >= 15 is 0 Å². The molecule has 3 nitrogen and oxygen atoms in total. The Morgan fingerprint density at radius 1 is 1.21 bits per heavy atom. The van der Waals surface area contributed by atoms with E-state index in [0.29, 0.717) is 18.4 Å². The first-order valence-corrected chi connectivity index (χ1v) is 6.42. The highest BCUT2D eigenvalue weighted by atomic mass is 79.9. The molecule has 5 heteroatoms. The van der Waals surface area contributed by atoms with Gasteiger partial charge in [-0.3, -0.25) is 4.55 Å². The van der Waals surface area contributed by atoms with E-state index in [9.17, 15) is 8.42 Å². The summed E-state index contributed by atoms with van der Waals surface area (Å²) in [5.41, 5.74) is 0.670. The molecule has 0 bridgehead atoms. The van der Waals surface area contributed by atoms with E-state index in [1.54, 1.807) is 24.3 Å². The molecular weight excluding hydrogens is 268 g/mol. The Morgan fingerprint density at radius 2 is 1.71 bits per heavy atom. The summed E-state index contributed by atoms with van der Waals surface area (Å²) in [4.78, 5) is 0. The molecule has 1 aliphatic carbocycles. The molecule has 76 valence electrons. The molecule has 2 rings (SSSR count). The number of hydrogen-bond acceptors (Lipinski definition) is 2. The van der Waals surface area contributed by atoms with Crippen molar-refractivity contribution < 1.29 is 13.0 Å². The second-order valence-electron chi connectivity index (χ2n) is 3.48. The molecule has 0 saturated heterocycles. The second-order valence-corrected chi connectivity index (χ2v) is 6.12. The highest BCUT2D eigenvalue weighted by Crippen LogP contribution is 2.52. The molecule has 1 N–H and O–H groups in total. The van der Waals surface area contributed by atoms with Crippen LogP contribution in [-0.2, 0) is 14.9 Å². The Balaban J connectivity index is 2.46. The van der Waals surface area contributed by atoms with Gasteiger partial charge in [0.15, 0.2) is 0 Å². The molecule has 0 amide bonds. The van der Waals surface area contributed by atoms with Crippen LogP contribution in [0.4, 0.5) is 0 Å². The van der Waals surface area contributed by atoms with Crippen LogP contribution in [-0.4, -0.2) is 13.0 Å². The van der Waals surface area contributed by atoms with E-state index in [1.807, 2.05) is 0 Å². The molecule has 1 saturated carbocycles. The van der Waals surface area contributed by atoms with Crippen LogP contribution in [0, 0.1) is 0 Å². The van der Waals surface area contributed by atoms with Crippen molar-refractivity contribution in [3.05, 3.63) is 34.3 Å². The zero-order valence-corrected chi connectivity index (χ0v) is 9.68. The minimum absolute atomic E-state index is 0.507. The van der Waals surface area contributed by atoms with Crippen molar-refractivity contribution in [2.24, 2.45) is 0 Å². The summed E-state index contributed by atoms with van der Waals surface area (Å²) in [5, 5.41) is 0. The fourth-order valence-corrected chi connectivity index (χ4v) is 2.88. The molecule has 0 radical (unpaired) electrons. The lowest BCUT2D eigenvalue weighted by Crippen LogP contribution is -2.19. The van der Waals surface area contributed by atoms with Crippen LogP contribution in [0.25, 0.3) is 0 Å². The topological polar surface area (TPSA) is 54.4 Å². The average molecular weight is 277 g/mol. The Hall–Kier alpha value is -0.390. The second kappa shape index (κ2) is 3.05. The Labute approximate surface area is 91.0 Å². The third-order valence-electron chi connectivity index (χ3n) is 2.57. The molecular formula is C9H9BrO3S. The molecule has 1 fully saturated rings. The molecule has 0 unspecified atom stereocenters. The van der Waals surface area contributed by atoms with Gasteiger partial charge in [-0.25, -0.2) is 0 Å². The van der Waals surface area contributed by atoms with Crippen LogP contribution in [0.1, 0.15) is 18.4 Å². The van der Waals surface area contributed by atoms with Crippen molar-refractivity contribution in [2.45, 2.75) is 17.6 Å². The quantitative estimate of drug-likeness (QED) is 0.844. The van der Waals surface area contributed by atoms with Gasteiger partial charge < -0.3 is 0 Å². The molecule has 0 heterocycles. The van der Waals surface area contributed by atoms with Crippen LogP contribution in [0.2, 0.25) is 0 Å². The van der Waals surface area contributed by atoms with Crippen LogP contribution in [0.3, 0.4) is 0 Å². The van der Waals surface area contributed by atoms with Crippen LogP contribution < -0.4 is 0 Å². The molecule has 0 aromatic heterocycles. The summed E-state index contributed by atoms with van der Waals surface area (Å²) < 4.78 is 31.3. The Bertz CT molecular complexity index is 445. The van der Waals surface area contributed by atoms with Gasteiger partial charge in [-0.2, -0.15) is 8.42 Å². The normalized spacial score (nSPS) is 19.3. The van der Waals surface area contributed by atoms with Gasteiger partial charge in [0.25, 0.3) is 10.1 Å². The van der Waals surface area contributed by atoms with E-state index in [1.165, 1.54) is 0 Å². The van der Waals surface area contributed by atoms with Gasteiger partial charge in [0.2, 0.25) is 0 Å². The summed E-state index contributed by atoms with van der Waals surface area (Å²) in [5.74, 6) is 0. The van der Waals surface area contributed by atoms with Gasteiger partial charge in [0.05, 0.1) is 0 Å². The maximum absolute atomic E-state index is 11.1. The minimum Gasteiger partial charge on any atom is -0.285 e. The van der Waals surface area contributed by atoms with Gasteiger partial charge >= 0.3 is 0 Å². The zero-order valence-electron chi connectivity index (χ0n) is 7.27. The largest absolute Gasteiger partial charge is 0.285 e. The standard InChI is InChI=1S/C9H9BrO3S/c10-8-3-1-7(2-4-8)9(5-6-9)14(11,12)13/h1-4H,5-6H2,(H,11,12,13). The molecule has 1 aromatic rings. The van der Waals surface area contributed by atoms with Crippen molar-refractivity contribution >= 4 is 26.0 Å². The lowest BCUT2D eigenvalue weighted by Gasteiger charge is -2.11. The van der Waals surface area contributed by atoms with Gasteiger partial charge in [-0.05, 0) is 30.5 Å². The summed E-state index contributed by atoms with van der Waals surface area (Å²) in [7, 11) is -3.97. The predicted molar refractivity (Wildman–Crippen MR) is 56.6 cm³/mol. The molecule has 0 spiro atoms. The lowest BCUT2D eigenvalue weighted by molar-refractivity contribution is 0.465. The van der Waals surface area contributed by atoms with Crippen molar-refractivity contribution in [1.82, 2.24) is 0 Å². The fourth-order valence-electron chi connectivity index (χ4n) is 1.56. The molecule has 0 atom stereocenters. The minimum atomic E-state index is -3.97. The Morgan fingerprint density at radius 3 is 2.07 bits per heavy atom.